The molecule has 0 saturated carbocycles. The van der Waals surface area contributed by atoms with Crippen molar-refractivity contribution in [1.29, 1.82) is 0 Å². The van der Waals surface area contributed by atoms with E-state index in [0.717, 1.165) is 38.0 Å². The van der Waals surface area contributed by atoms with Crippen LogP contribution in [0.25, 0.3) is 0 Å². The number of aryl methyl sites for hydroxylation is 1. The highest BCUT2D eigenvalue weighted by atomic mass is 32.2. The van der Waals surface area contributed by atoms with Crippen molar-refractivity contribution in [3.05, 3.63) is 18.0 Å². The van der Waals surface area contributed by atoms with Crippen LogP contribution in [0.1, 0.15) is 25.0 Å². The molecule has 1 aromatic heterocycles. The third kappa shape index (κ3) is 4.93. The van der Waals surface area contributed by atoms with Crippen LogP contribution in [0.2, 0.25) is 0 Å². The van der Waals surface area contributed by atoms with E-state index >= 15 is 0 Å². The van der Waals surface area contributed by atoms with Crippen molar-refractivity contribution in [3.8, 4) is 0 Å². The first kappa shape index (κ1) is 14.5. The number of piperidine rings is 1. The van der Waals surface area contributed by atoms with Crippen molar-refractivity contribution >= 4 is 10.0 Å². The van der Waals surface area contributed by atoms with Crippen LogP contribution in [0.3, 0.4) is 0 Å². The van der Waals surface area contributed by atoms with Crippen LogP contribution in [0.5, 0.6) is 0 Å². The predicted molar refractivity (Wildman–Crippen MR) is 74.0 cm³/mol. The molecule has 0 spiro atoms. The summed E-state index contributed by atoms with van der Waals surface area (Å²) in [5.41, 5.74) is 0.743. The molecule has 0 aromatic carbocycles. The zero-order chi connectivity index (χ0) is 13.7. The highest BCUT2D eigenvalue weighted by Crippen LogP contribution is 2.16. The monoisotopic (exact) mass is 286 g/mol. The molecule has 0 radical (unpaired) electrons. The Morgan fingerprint density at radius 3 is 2.84 bits per heavy atom. The van der Waals surface area contributed by atoms with Crippen LogP contribution in [-0.4, -0.2) is 37.0 Å². The Bertz CT molecular complexity index is 492. The highest BCUT2D eigenvalue weighted by Gasteiger charge is 2.17. The van der Waals surface area contributed by atoms with Crippen molar-refractivity contribution < 1.29 is 8.42 Å². The lowest BCUT2D eigenvalue weighted by Crippen LogP contribution is -2.31. The van der Waals surface area contributed by atoms with Gasteiger partial charge < -0.3 is 5.32 Å². The standard InChI is InChI=1S/C12H22N4O2S/c1-16-8-4-12(15-16)10-14-19(17,18)9-5-11-2-6-13-7-3-11/h4,8,11,13-14H,2-3,5-7,9-10H2,1H3. The van der Waals surface area contributed by atoms with Gasteiger partial charge in [0, 0.05) is 13.2 Å². The van der Waals surface area contributed by atoms with E-state index in [9.17, 15) is 8.42 Å². The summed E-state index contributed by atoms with van der Waals surface area (Å²) >= 11 is 0. The van der Waals surface area contributed by atoms with Crippen molar-refractivity contribution in [2.75, 3.05) is 18.8 Å². The van der Waals surface area contributed by atoms with E-state index in [0.29, 0.717) is 5.92 Å². The topological polar surface area (TPSA) is 76.0 Å². The fraction of sp³-hybridized carbons (Fsp3) is 0.750. The summed E-state index contributed by atoms with van der Waals surface area (Å²) in [6, 6.07) is 1.81. The van der Waals surface area contributed by atoms with Gasteiger partial charge in [-0.2, -0.15) is 5.10 Å². The van der Waals surface area contributed by atoms with Gasteiger partial charge in [0.15, 0.2) is 0 Å². The van der Waals surface area contributed by atoms with Crippen molar-refractivity contribution in [1.82, 2.24) is 19.8 Å². The van der Waals surface area contributed by atoms with Gasteiger partial charge in [-0.05, 0) is 44.3 Å². The number of hydrogen-bond donors (Lipinski definition) is 2. The molecule has 1 fully saturated rings. The zero-order valence-electron chi connectivity index (χ0n) is 11.3. The van der Waals surface area contributed by atoms with Gasteiger partial charge in [0.1, 0.15) is 0 Å². The molecule has 0 bridgehead atoms. The molecule has 108 valence electrons. The molecule has 0 amide bonds. The molecule has 7 heteroatoms. The summed E-state index contributed by atoms with van der Waals surface area (Å²) in [6.07, 6.45) is 4.71. The second-order valence-corrected chi connectivity index (χ2v) is 7.03. The molecule has 6 nitrogen and oxygen atoms in total. The summed E-state index contributed by atoms with van der Waals surface area (Å²) in [7, 11) is -1.37. The lowest BCUT2D eigenvalue weighted by atomic mass is 9.96. The number of sulfonamides is 1. The lowest BCUT2D eigenvalue weighted by Gasteiger charge is -2.22. The maximum atomic E-state index is 11.9. The SMILES string of the molecule is Cn1ccc(CNS(=O)(=O)CCC2CCNCC2)n1. The molecule has 1 aliphatic rings. The van der Waals surface area contributed by atoms with Gasteiger partial charge >= 0.3 is 0 Å². The van der Waals surface area contributed by atoms with Gasteiger partial charge in [0.05, 0.1) is 18.0 Å². The molecule has 2 N–H and O–H groups in total. The Labute approximate surface area is 114 Å². The number of hydrogen-bond acceptors (Lipinski definition) is 4. The molecule has 1 aromatic rings. The summed E-state index contributed by atoms with van der Waals surface area (Å²) < 4.78 is 28.1. The Kier molecular flexibility index (Phi) is 4.95. The van der Waals surface area contributed by atoms with E-state index in [2.05, 4.69) is 15.1 Å². The van der Waals surface area contributed by atoms with Gasteiger partial charge in [-0.25, -0.2) is 13.1 Å². The van der Waals surface area contributed by atoms with E-state index in [-0.39, 0.29) is 12.3 Å². The first-order valence-corrected chi connectivity index (χ1v) is 8.37. The molecule has 0 atom stereocenters. The van der Waals surface area contributed by atoms with Crippen LogP contribution in [-0.2, 0) is 23.6 Å². The molecule has 2 rings (SSSR count). The fourth-order valence-electron chi connectivity index (χ4n) is 2.31. The highest BCUT2D eigenvalue weighted by molar-refractivity contribution is 7.89. The van der Waals surface area contributed by atoms with Gasteiger partial charge in [-0.1, -0.05) is 0 Å². The second-order valence-electron chi connectivity index (χ2n) is 5.10. The number of rotatable bonds is 6. The predicted octanol–water partition coefficient (Wildman–Crippen LogP) is 0.229. The number of aromatic nitrogens is 2. The molecule has 0 aliphatic carbocycles. The lowest BCUT2D eigenvalue weighted by molar-refractivity contribution is 0.365. The molecular formula is C12H22N4O2S. The average molecular weight is 286 g/mol. The molecule has 19 heavy (non-hydrogen) atoms. The first-order valence-electron chi connectivity index (χ1n) is 6.72. The minimum Gasteiger partial charge on any atom is -0.317 e. The maximum Gasteiger partial charge on any atom is 0.211 e. The molecule has 1 saturated heterocycles. The van der Waals surface area contributed by atoms with Crippen molar-refractivity contribution in [3.63, 3.8) is 0 Å². The average Bonchev–Trinajstić information content (AvgIpc) is 2.82. The van der Waals surface area contributed by atoms with E-state index in [4.69, 9.17) is 0 Å². The summed E-state index contributed by atoms with van der Waals surface area (Å²) in [4.78, 5) is 0. The molecule has 1 aliphatic heterocycles. The van der Waals surface area contributed by atoms with Crippen molar-refractivity contribution in [2.24, 2.45) is 13.0 Å². The molecular weight excluding hydrogens is 264 g/mol. The third-order valence-electron chi connectivity index (χ3n) is 3.50. The van der Waals surface area contributed by atoms with Gasteiger partial charge in [-0.3, -0.25) is 4.68 Å². The quantitative estimate of drug-likeness (QED) is 0.785. The van der Waals surface area contributed by atoms with Crippen LogP contribution in [0, 0.1) is 5.92 Å². The fourth-order valence-corrected chi connectivity index (χ4v) is 3.46. The van der Waals surface area contributed by atoms with Gasteiger partial charge in [0.25, 0.3) is 0 Å². The third-order valence-corrected chi connectivity index (χ3v) is 4.85. The summed E-state index contributed by atoms with van der Waals surface area (Å²) in [5, 5.41) is 7.43. The smallest absolute Gasteiger partial charge is 0.211 e. The van der Waals surface area contributed by atoms with Crippen LogP contribution in [0.15, 0.2) is 12.3 Å². The van der Waals surface area contributed by atoms with E-state index in [1.165, 1.54) is 0 Å². The van der Waals surface area contributed by atoms with Gasteiger partial charge in [0.2, 0.25) is 10.0 Å². The Hall–Kier alpha value is -0.920. The van der Waals surface area contributed by atoms with Crippen LogP contribution in [0.4, 0.5) is 0 Å². The second kappa shape index (κ2) is 6.49. The summed E-state index contributed by atoms with van der Waals surface area (Å²) in [5.74, 6) is 0.748. The number of nitrogens with one attached hydrogen (secondary N) is 2. The Balaban J connectivity index is 1.75. The Morgan fingerprint density at radius 2 is 2.21 bits per heavy atom. The van der Waals surface area contributed by atoms with Crippen LogP contribution >= 0.6 is 0 Å². The molecule has 2 heterocycles. The largest absolute Gasteiger partial charge is 0.317 e. The van der Waals surface area contributed by atoms with Crippen molar-refractivity contribution in [2.45, 2.75) is 25.8 Å². The summed E-state index contributed by atoms with van der Waals surface area (Å²) in [6.45, 7) is 2.29. The number of nitrogens with zero attached hydrogens (tertiary/aromatic N) is 2. The van der Waals surface area contributed by atoms with Gasteiger partial charge in [-0.15, -0.1) is 0 Å². The van der Waals surface area contributed by atoms with E-state index in [1.807, 2.05) is 13.1 Å². The zero-order valence-corrected chi connectivity index (χ0v) is 12.1. The maximum absolute atomic E-state index is 11.9. The minimum absolute atomic E-state index is 0.213. The normalized spacial score (nSPS) is 17.7. The Morgan fingerprint density at radius 1 is 1.47 bits per heavy atom. The van der Waals surface area contributed by atoms with E-state index in [1.54, 1.807) is 10.9 Å². The van der Waals surface area contributed by atoms with Crippen LogP contribution < -0.4 is 10.0 Å². The first-order chi connectivity index (χ1) is 9.05. The van der Waals surface area contributed by atoms with E-state index < -0.39 is 10.0 Å². The minimum atomic E-state index is -3.19. The molecule has 0 unspecified atom stereocenters.